The summed E-state index contributed by atoms with van der Waals surface area (Å²) < 4.78 is 5.06. The van der Waals surface area contributed by atoms with Gasteiger partial charge in [0.25, 0.3) is 0 Å². The first kappa shape index (κ1) is 8.13. The molecule has 0 aromatic heterocycles. The molecule has 1 aromatic rings. The van der Waals surface area contributed by atoms with E-state index in [0.29, 0.717) is 17.7 Å². The Bertz CT molecular complexity index is 327. The van der Waals surface area contributed by atoms with Crippen LogP contribution in [0, 0.1) is 0 Å². The maximum atomic E-state index is 10.5. The first-order valence-electron chi connectivity index (χ1n) is 4.00. The topological polar surface area (TPSA) is 46.7 Å². The highest BCUT2D eigenvalue weighted by Crippen LogP contribution is 2.30. The molecule has 0 N–H and O–H groups in total. The molecule has 13 heavy (non-hydrogen) atoms. The van der Waals surface area contributed by atoms with E-state index in [1.54, 1.807) is 18.2 Å². The zero-order chi connectivity index (χ0) is 9.26. The molecular weight excluding hydrogens is 168 g/mol. The monoisotopic (exact) mass is 176 g/mol. The predicted octanol–water partition coefficient (Wildman–Crippen LogP) is 1.38. The number of carbonyl (C=O) groups is 2. The summed E-state index contributed by atoms with van der Waals surface area (Å²) in [6, 6.07) is 5.06. The first-order valence-corrected chi connectivity index (χ1v) is 4.00. The molecule has 1 saturated heterocycles. The van der Waals surface area contributed by atoms with Gasteiger partial charge in [-0.05, 0) is 23.8 Å². The third-order valence-corrected chi connectivity index (χ3v) is 1.98. The van der Waals surface area contributed by atoms with Crippen molar-refractivity contribution in [2.75, 3.05) is 6.61 Å². The molecule has 2 rings (SSSR count). The van der Waals surface area contributed by atoms with E-state index in [9.17, 15) is 9.59 Å². The number of ether oxygens (including phenoxy) is 1. The van der Waals surface area contributed by atoms with Crippen LogP contribution in [0.4, 0.5) is 0 Å². The van der Waals surface area contributed by atoms with Crippen molar-refractivity contribution in [2.24, 2.45) is 0 Å². The average Bonchev–Trinajstić information content (AvgIpc) is 3.00. The van der Waals surface area contributed by atoms with Gasteiger partial charge in [0, 0.05) is 11.1 Å². The van der Waals surface area contributed by atoms with E-state index in [-0.39, 0.29) is 6.10 Å². The van der Waals surface area contributed by atoms with E-state index in [1.807, 2.05) is 0 Å². The Morgan fingerprint density at radius 2 is 1.69 bits per heavy atom. The van der Waals surface area contributed by atoms with Gasteiger partial charge in [0.1, 0.15) is 18.7 Å². The summed E-state index contributed by atoms with van der Waals surface area (Å²) >= 11 is 0. The summed E-state index contributed by atoms with van der Waals surface area (Å²) in [4.78, 5) is 21.0. The number of epoxide rings is 1. The molecule has 66 valence electrons. The van der Waals surface area contributed by atoms with Crippen LogP contribution in [-0.2, 0) is 4.74 Å². The van der Waals surface area contributed by atoms with Crippen molar-refractivity contribution < 1.29 is 14.3 Å². The van der Waals surface area contributed by atoms with Gasteiger partial charge in [-0.1, -0.05) is 0 Å². The number of hydrogen-bond donors (Lipinski definition) is 0. The lowest BCUT2D eigenvalue weighted by atomic mass is 10.1. The maximum absolute atomic E-state index is 10.5. The molecule has 1 atom stereocenters. The molecular formula is C10H8O3. The van der Waals surface area contributed by atoms with Crippen LogP contribution in [0.15, 0.2) is 18.2 Å². The van der Waals surface area contributed by atoms with Gasteiger partial charge in [-0.15, -0.1) is 0 Å². The van der Waals surface area contributed by atoms with Crippen molar-refractivity contribution in [1.82, 2.24) is 0 Å². The summed E-state index contributed by atoms with van der Waals surface area (Å²) in [5, 5.41) is 0. The number of benzene rings is 1. The minimum Gasteiger partial charge on any atom is -0.368 e. The molecule has 0 radical (unpaired) electrons. The molecule has 1 unspecified atom stereocenters. The van der Waals surface area contributed by atoms with E-state index in [4.69, 9.17) is 4.74 Å². The maximum Gasteiger partial charge on any atom is 0.150 e. The second-order valence-electron chi connectivity index (χ2n) is 2.99. The van der Waals surface area contributed by atoms with E-state index < -0.39 is 0 Å². The summed E-state index contributed by atoms with van der Waals surface area (Å²) in [6.45, 7) is 0.681. The molecule has 1 aliphatic rings. The van der Waals surface area contributed by atoms with Crippen molar-refractivity contribution in [3.8, 4) is 0 Å². The van der Waals surface area contributed by atoms with Crippen LogP contribution < -0.4 is 0 Å². The van der Waals surface area contributed by atoms with Crippen LogP contribution >= 0.6 is 0 Å². The lowest BCUT2D eigenvalue weighted by Crippen LogP contribution is -1.90. The molecule has 0 aliphatic carbocycles. The number of rotatable bonds is 3. The van der Waals surface area contributed by atoms with E-state index in [1.165, 1.54) is 0 Å². The molecule has 1 aromatic carbocycles. The van der Waals surface area contributed by atoms with Crippen LogP contribution in [0.25, 0.3) is 0 Å². The smallest absolute Gasteiger partial charge is 0.150 e. The van der Waals surface area contributed by atoms with Gasteiger partial charge in [0.15, 0.2) is 0 Å². The largest absolute Gasteiger partial charge is 0.368 e. The van der Waals surface area contributed by atoms with Gasteiger partial charge in [0.05, 0.1) is 6.61 Å². The first-order chi connectivity index (χ1) is 6.33. The van der Waals surface area contributed by atoms with Crippen molar-refractivity contribution >= 4 is 12.6 Å². The summed E-state index contributed by atoms with van der Waals surface area (Å²) in [6.07, 6.45) is 1.55. The Hall–Kier alpha value is -1.48. The van der Waals surface area contributed by atoms with Crippen molar-refractivity contribution in [3.05, 3.63) is 34.9 Å². The van der Waals surface area contributed by atoms with Crippen LogP contribution in [0.1, 0.15) is 32.4 Å². The third-order valence-electron chi connectivity index (χ3n) is 1.98. The SMILES string of the molecule is O=Cc1cc(C=O)cc(C2CO2)c1. The number of hydrogen-bond acceptors (Lipinski definition) is 3. The van der Waals surface area contributed by atoms with Crippen LogP contribution in [0.5, 0.6) is 0 Å². The van der Waals surface area contributed by atoms with Gasteiger partial charge in [-0.3, -0.25) is 9.59 Å². The standard InChI is InChI=1S/C10H8O3/c11-4-7-1-8(5-12)3-9(2-7)10-6-13-10/h1-5,10H,6H2. The molecule has 1 aliphatic heterocycles. The van der Waals surface area contributed by atoms with E-state index in [0.717, 1.165) is 18.1 Å². The van der Waals surface area contributed by atoms with Crippen molar-refractivity contribution in [3.63, 3.8) is 0 Å². The van der Waals surface area contributed by atoms with Gasteiger partial charge in [-0.2, -0.15) is 0 Å². The molecule has 1 heterocycles. The van der Waals surface area contributed by atoms with E-state index >= 15 is 0 Å². The highest BCUT2D eigenvalue weighted by Gasteiger charge is 2.25. The Morgan fingerprint density at radius 1 is 1.15 bits per heavy atom. The highest BCUT2D eigenvalue weighted by molar-refractivity contribution is 5.82. The molecule has 0 saturated carbocycles. The van der Waals surface area contributed by atoms with Crippen molar-refractivity contribution in [1.29, 1.82) is 0 Å². The lowest BCUT2D eigenvalue weighted by Gasteiger charge is -1.98. The summed E-state index contributed by atoms with van der Waals surface area (Å²) in [7, 11) is 0. The number of aldehydes is 2. The molecule has 0 bridgehead atoms. The fourth-order valence-corrected chi connectivity index (χ4v) is 1.26. The molecule has 1 fully saturated rings. The van der Waals surface area contributed by atoms with Gasteiger partial charge in [0.2, 0.25) is 0 Å². The summed E-state index contributed by atoms with van der Waals surface area (Å²) in [5.41, 5.74) is 1.96. The normalized spacial score (nSPS) is 19.5. The van der Waals surface area contributed by atoms with Crippen LogP contribution in [0.3, 0.4) is 0 Å². The Balaban J connectivity index is 2.43. The van der Waals surface area contributed by atoms with Crippen LogP contribution in [-0.4, -0.2) is 19.2 Å². The lowest BCUT2D eigenvalue weighted by molar-refractivity contribution is 0.112. The zero-order valence-corrected chi connectivity index (χ0v) is 6.90. The van der Waals surface area contributed by atoms with E-state index in [2.05, 4.69) is 0 Å². The van der Waals surface area contributed by atoms with Crippen LogP contribution in [0.2, 0.25) is 0 Å². The fraction of sp³-hybridized carbons (Fsp3) is 0.200. The second-order valence-corrected chi connectivity index (χ2v) is 2.99. The number of carbonyl (C=O) groups excluding carboxylic acids is 2. The van der Waals surface area contributed by atoms with Gasteiger partial charge < -0.3 is 4.74 Å². The molecule has 3 nitrogen and oxygen atoms in total. The predicted molar refractivity (Wildman–Crippen MR) is 45.9 cm³/mol. The van der Waals surface area contributed by atoms with Gasteiger partial charge >= 0.3 is 0 Å². The Labute approximate surface area is 75.3 Å². The molecule has 3 heteroatoms. The molecule has 0 spiro atoms. The van der Waals surface area contributed by atoms with Crippen molar-refractivity contribution in [2.45, 2.75) is 6.10 Å². The highest BCUT2D eigenvalue weighted by atomic mass is 16.6. The molecule has 0 amide bonds. The minimum absolute atomic E-state index is 0.0820. The fourth-order valence-electron chi connectivity index (χ4n) is 1.26. The summed E-state index contributed by atoms with van der Waals surface area (Å²) in [5.74, 6) is 0. The Kier molecular flexibility index (Phi) is 1.94. The van der Waals surface area contributed by atoms with Gasteiger partial charge in [-0.25, -0.2) is 0 Å². The second kappa shape index (κ2) is 3.11. The Morgan fingerprint density at radius 3 is 2.08 bits per heavy atom. The quantitative estimate of drug-likeness (QED) is 0.516. The minimum atomic E-state index is 0.0820. The average molecular weight is 176 g/mol. The third kappa shape index (κ3) is 1.65. The zero-order valence-electron chi connectivity index (χ0n) is 6.90.